The second kappa shape index (κ2) is 5.24. The van der Waals surface area contributed by atoms with Crippen LogP contribution in [0.1, 0.15) is 19.5 Å². The van der Waals surface area contributed by atoms with Crippen LogP contribution in [0.2, 0.25) is 0 Å². The predicted molar refractivity (Wildman–Crippen MR) is 83.3 cm³/mol. The van der Waals surface area contributed by atoms with Crippen molar-refractivity contribution in [2.45, 2.75) is 26.4 Å². The van der Waals surface area contributed by atoms with Crippen molar-refractivity contribution in [2.24, 2.45) is 7.05 Å². The smallest absolute Gasteiger partial charge is 0.224 e. The summed E-state index contributed by atoms with van der Waals surface area (Å²) in [6.07, 6.45) is 3.71. The number of hydrogen-bond donors (Lipinski definition) is 0. The Kier molecular flexibility index (Phi) is 3.41. The molecule has 0 N–H and O–H groups in total. The van der Waals surface area contributed by atoms with E-state index in [9.17, 15) is 4.79 Å². The van der Waals surface area contributed by atoms with E-state index in [0.29, 0.717) is 0 Å². The molecule has 1 amide bonds. The summed E-state index contributed by atoms with van der Waals surface area (Å²) in [6, 6.07) is 8.25. The highest BCUT2D eigenvalue weighted by atomic mass is 16.2. The largest absolute Gasteiger partial charge is 0.362 e. The van der Waals surface area contributed by atoms with E-state index < -0.39 is 0 Å². The summed E-state index contributed by atoms with van der Waals surface area (Å²) in [5.41, 5.74) is 3.26. The van der Waals surface area contributed by atoms with Crippen LogP contribution in [-0.4, -0.2) is 28.0 Å². The van der Waals surface area contributed by atoms with Crippen molar-refractivity contribution in [3.05, 3.63) is 42.5 Å². The van der Waals surface area contributed by atoms with E-state index >= 15 is 0 Å². The monoisotopic (exact) mass is 284 g/mol. The molecule has 1 unspecified atom stereocenters. The molecule has 0 radical (unpaired) electrons. The van der Waals surface area contributed by atoms with Gasteiger partial charge in [-0.25, -0.2) is 4.98 Å². The van der Waals surface area contributed by atoms with E-state index in [-0.39, 0.29) is 11.9 Å². The lowest BCUT2D eigenvalue weighted by Gasteiger charge is -2.41. The van der Waals surface area contributed by atoms with Gasteiger partial charge in [0.1, 0.15) is 0 Å². The fourth-order valence-electron chi connectivity index (χ4n) is 3.03. The van der Waals surface area contributed by atoms with Gasteiger partial charge in [0, 0.05) is 26.7 Å². The van der Waals surface area contributed by atoms with Crippen molar-refractivity contribution in [3.8, 4) is 0 Å². The van der Waals surface area contributed by atoms with E-state index in [0.717, 1.165) is 30.2 Å². The zero-order chi connectivity index (χ0) is 15.0. The number of carbonyl (C=O) groups is 1. The number of imidazole rings is 1. The molecule has 1 atom stereocenters. The molecule has 1 aromatic heterocycles. The first-order valence-corrected chi connectivity index (χ1v) is 7.17. The van der Waals surface area contributed by atoms with Crippen LogP contribution in [0.15, 0.2) is 36.8 Å². The molecule has 21 heavy (non-hydrogen) atoms. The maximum atomic E-state index is 11.9. The van der Waals surface area contributed by atoms with Gasteiger partial charge in [0.2, 0.25) is 5.91 Å². The van der Waals surface area contributed by atoms with E-state index in [4.69, 9.17) is 0 Å². The standard InChI is InChI=1S/C16H20N4O/c1-12-9-19(10-14-8-17-11-18(14)3)15-6-4-5-7-16(15)20(12)13(2)21/h4-8,11-12H,9-10H2,1-3H3. The Hall–Kier alpha value is -2.30. The molecule has 0 aliphatic carbocycles. The fourth-order valence-corrected chi connectivity index (χ4v) is 3.03. The summed E-state index contributed by atoms with van der Waals surface area (Å²) in [5.74, 6) is 0.0927. The van der Waals surface area contributed by atoms with Gasteiger partial charge < -0.3 is 14.4 Å². The van der Waals surface area contributed by atoms with Gasteiger partial charge >= 0.3 is 0 Å². The van der Waals surface area contributed by atoms with Crippen LogP contribution in [0.25, 0.3) is 0 Å². The maximum absolute atomic E-state index is 11.9. The molecule has 1 aliphatic rings. The Labute approximate surface area is 124 Å². The number of amides is 1. The molecule has 0 spiro atoms. The lowest BCUT2D eigenvalue weighted by Crippen LogP contribution is -2.49. The van der Waals surface area contributed by atoms with Gasteiger partial charge in [-0.3, -0.25) is 4.79 Å². The van der Waals surface area contributed by atoms with Crippen molar-refractivity contribution in [1.29, 1.82) is 0 Å². The quantitative estimate of drug-likeness (QED) is 0.849. The molecule has 2 aromatic rings. The minimum atomic E-state index is 0.0927. The third-order valence-electron chi connectivity index (χ3n) is 4.02. The van der Waals surface area contributed by atoms with Gasteiger partial charge in [-0.2, -0.15) is 0 Å². The zero-order valence-corrected chi connectivity index (χ0v) is 12.7. The van der Waals surface area contributed by atoms with Crippen LogP contribution in [0.4, 0.5) is 11.4 Å². The van der Waals surface area contributed by atoms with Gasteiger partial charge in [0.15, 0.2) is 0 Å². The second-order valence-electron chi connectivity index (χ2n) is 5.60. The number of para-hydroxylation sites is 2. The first-order valence-electron chi connectivity index (χ1n) is 7.17. The Morgan fingerprint density at radius 2 is 2.05 bits per heavy atom. The number of aryl methyl sites for hydroxylation is 1. The van der Waals surface area contributed by atoms with Crippen LogP contribution < -0.4 is 9.80 Å². The molecule has 110 valence electrons. The molecule has 0 bridgehead atoms. The molecule has 0 fully saturated rings. The third kappa shape index (κ3) is 2.39. The topological polar surface area (TPSA) is 41.4 Å². The number of benzene rings is 1. The number of rotatable bonds is 2. The van der Waals surface area contributed by atoms with Crippen LogP contribution >= 0.6 is 0 Å². The van der Waals surface area contributed by atoms with Crippen molar-refractivity contribution in [1.82, 2.24) is 9.55 Å². The molecule has 5 nitrogen and oxygen atoms in total. The second-order valence-corrected chi connectivity index (χ2v) is 5.60. The number of aromatic nitrogens is 2. The maximum Gasteiger partial charge on any atom is 0.224 e. The Morgan fingerprint density at radius 1 is 1.33 bits per heavy atom. The van der Waals surface area contributed by atoms with Crippen molar-refractivity contribution >= 4 is 17.3 Å². The Bertz CT molecular complexity index is 664. The molecular formula is C16H20N4O. The van der Waals surface area contributed by atoms with Crippen molar-refractivity contribution in [2.75, 3.05) is 16.3 Å². The normalized spacial score (nSPS) is 17.8. The molecular weight excluding hydrogens is 264 g/mol. The van der Waals surface area contributed by atoms with Crippen molar-refractivity contribution in [3.63, 3.8) is 0 Å². The third-order valence-corrected chi connectivity index (χ3v) is 4.02. The zero-order valence-electron chi connectivity index (χ0n) is 12.7. The average molecular weight is 284 g/mol. The van der Waals surface area contributed by atoms with Crippen LogP contribution in [0.5, 0.6) is 0 Å². The lowest BCUT2D eigenvalue weighted by atomic mass is 10.1. The molecule has 3 rings (SSSR count). The van der Waals surface area contributed by atoms with Gasteiger partial charge in [0.25, 0.3) is 0 Å². The highest BCUT2D eigenvalue weighted by Crippen LogP contribution is 2.36. The van der Waals surface area contributed by atoms with Gasteiger partial charge in [-0.1, -0.05) is 12.1 Å². The van der Waals surface area contributed by atoms with Crippen LogP contribution in [0.3, 0.4) is 0 Å². The van der Waals surface area contributed by atoms with E-state index in [1.165, 1.54) is 0 Å². The van der Waals surface area contributed by atoms with Crippen molar-refractivity contribution < 1.29 is 4.79 Å². The SMILES string of the molecule is CC(=O)N1c2ccccc2N(Cc2cncn2C)CC1C. The van der Waals surface area contributed by atoms with Gasteiger partial charge in [-0.05, 0) is 19.1 Å². The molecule has 1 aromatic carbocycles. The van der Waals surface area contributed by atoms with Gasteiger partial charge in [0.05, 0.1) is 36.0 Å². The first-order chi connectivity index (χ1) is 10.1. The van der Waals surface area contributed by atoms with Crippen LogP contribution in [-0.2, 0) is 18.4 Å². The summed E-state index contributed by atoms with van der Waals surface area (Å²) in [4.78, 5) is 20.3. The van der Waals surface area contributed by atoms with E-state index in [2.05, 4.69) is 22.9 Å². The number of carbonyl (C=O) groups excluding carboxylic acids is 1. The highest BCUT2D eigenvalue weighted by molar-refractivity contribution is 5.97. The summed E-state index contributed by atoms with van der Waals surface area (Å²) >= 11 is 0. The van der Waals surface area contributed by atoms with Gasteiger partial charge in [-0.15, -0.1) is 0 Å². The summed E-state index contributed by atoms with van der Waals surface area (Å²) in [7, 11) is 2.00. The highest BCUT2D eigenvalue weighted by Gasteiger charge is 2.30. The first kappa shape index (κ1) is 13.7. The Morgan fingerprint density at radius 3 is 2.67 bits per heavy atom. The lowest BCUT2D eigenvalue weighted by molar-refractivity contribution is -0.117. The number of anilines is 2. The number of hydrogen-bond acceptors (Lipinski definition) is 3. The molecule has 5 heteroatoms. The number of nitrogens with zero attached hydrogens (tertiary/aromatic N) is 4. The Balaban J connectivity index is 1.98. The number of fused-ring (bicyclic) bond motifs is 1. The summed E-state index contributed by atoms with van der Waals surface area (Å²) < 4.78 is 2.03. The van der Waals surface area contributed by atoms with E-state index in [1.807, 2.05) is 47.2 Å². The molecule has 0 saturated heterocycles. The minimum absolute atomic E-state index is 0.0927. The summed E-state index contributed by atoms with van der Waals surface area (Å²) in [6.45, 7) is 5.34. The van der Waals surface area contributed by atoms with Crippen LogP contribution in [0, 0.1) is 0 Å². The van der Waals surface area contributed by atoms with E-state index in [1.54, 1.807) is 6.92 Å². The fraction of sp³-hybridized carbons (Fsp3) is 0.375. The molecule has 2 heterocycles. The minimum Gasteiger partial charge on any atom is -0.362 e. The average Bonchev–Trinajstić information content (AvgIpc) is 2.84. The summed E-state index contributed by atoms with van der Waals surface area (Å²) in [5, 5.41) is 0. The predicted octanol–water partition coefficient (Wildman–Crippen LogP) is 2.18. The molecule has 0 saturated carbocycles. The molecule has 1 aliphatic heterocycles.